The number of hydrogen-bond acceptors (Lipinski definition) is 7. The van der Waals surface area contributed by atoms with Gasteiger partial charge in [-0.05, 0) is 50.6 Å². The van der Waals surface area contributed by atoms with E-state index < -0.39 is 17.7 Å². The Balaban J connectivity index is 1.57. The minimum absolute atomic E-state index is 0.0675. The maximum atomic E-state index is 14.1. The first-order chi connectivity index (χ1) is 18.9. The number of anilines is 1. The van der Waals surface area contributed by atoms with E-state index in [2.05, 4.69) is 28.7 Å². The molecule has 3 heterocycles. The minimum atomic E-state index is -0.764. The fraction of sp³-hybridized carbons (Fsp3) is 0.226. The molecule has 0 aliphatic carbocycles. The number of rotatable bonds is 9. The van der Waals surface area contributed by atoms with E-state index in [4.69, 9.17) is 0 Å². The summed E-state index contributed by atoms with van der Waals surface area (Å²) < 4.78 is 0. The highest BCUT2D eigenvalue weighted by Crippen LogP contribution is 2.42. The van der Waals surface area contributed by atoms with Gasteiger partial charge in [0.25, 0.3) is 5.91 Å². The second-order valence-electron chi connectivity index (χ2n) is 9.31. The van der Waals surface area contributed by atoms with E-state index in [9.17, 15) is 14.7 Å². The van der Waals surface area contributed by atoms with Gasteiger partial charge in [0.05, 0.1) is 34.4 Å². The van der Waals surface area contributed by atoms with Crippen LogP contribution in [-0.2, 0) is 11.3 Å². The molecule has 0 spiro atoms. The lowest BCUT2D eigenvalue weighted by atomic mass is 9.94. The Morgan fingerprint density at radius 2 is 1.69 bits per heavy atom. The van der Waals surface area contributed by atoms with Crippen LogP contribution in [0.15, 0.2) is 90.3 Å². The quantitative estimate of drug-likeness (QED) is 0.258. The summed E-state index contributed by atoms with van der Waals surface area (Å²) in [5.41, 5.74) is 4.00. The molecule has 0 radical (unpaired) electrons. The van der Waals surface area contributed by atoms with Gasteiger partial charge in [-0.25, -0.2) is 4.98 Å². The number of amides is 1. The highest BCUT2D eigenvalue weighted by molar-refractivity contribution is 7.17. The van der Waals surface area contributed by atoms with E-state index in [0.29, 0.717) is 21.3 Å². The van der Waals surface area contributed by atoms with Gasteiger partial charge in [-0.3, -0.25) is 14.6 Å². The van der Waals surface area contributed by atoms with Crippen LogP contribution in [0.25, 0.3) is 10.6 Å². The number of hydrogen-bond donors (Lipinski definition) is 1. The maximum Gasteiger partial charge on any atom is 0.290 e. The molecule has 1 N–H and O–H groups in total. The molecule has 39 heavy (non-hydrogen) atoms. The van der Waals surface area contributed by atoms with Crippen molar-refractivity contribution in [3.63, 3.8) is 0 Å². The molecule has 7 nitrogen and oxygen atoms in total. The third-order valence-electron chi connectivity index (χ3n) is 6.97. The van der Waals surface area contributed by atoms with Crippen molar-refractivity contribution >= 4 is 28.7 Å². The summed E-state index contributed by atoms with van der Waals surface area (Å²) in [4.78, 5) is 40.7. The van der Waals surface area contributed by atoms with E-state index in [0.717, 1.165) is 29.9 Å². The fourth-order valence-electron chi connectivity index (χ4n) is 4.95. The van der Waals surface area contributed by atoms with Crippen LogP contribution in [0.1, 0.15) is 46.5 Å². The molecule has 1 aliphatic rings. The average molecular weight is 539 g/mol. The van der Waals surface area contributed by atoms with Crippen LogP contribution in [0.2, 0.25) is 0 Å². The van der Waals surface area contributed by atoms with Gasteiger partial charge in [0.2, 0.25) is 5.78 Å². The minimum Gasteiger partial charge on any atom is -0.503 e. The highest BCUT2D eigenvalue weighted by atomic mass is 32.1. The molecular formula is C31H30N4O3S. The molecule has 2 aromatic carbocycles. The van der Waals surface area contributed by atoms with E-state index >= 15 is 0 Å². The molecule has 198 valence electrons. The monoisotopic (exact) mass is 538 g/mol. The number of Topliss-reactive ketones (excluding diaryl/α,β-unsaturated/α-hetero) is 1. The molecule has 2 aromatic heterocycles. The van der Waals surface area contributed by atoms with Gasteiger partial charge in [0, 0.05) is 30.5 Å². The van der Waals surface area contributed by atoms with Crippen molar-refractivity contribution in [1.29, 1.82) is 0 Å². The summed E-state index contributed by atoms with van der Waals surface area (Å²) >= 11 is 1.27. The second-order valence-corrected chi connectivity index (χ2v) is 10.3. The van der Waals surface area contributed by atoms with Crippen LogP contribution in [0.3, 0.4) is 0 Å². The number of carbonyl (C=O) groups excluding carboxylic acids is 2. The first-order valence-corrected chi connectivity index (χ1v) is 13.8. The van der Waals surface area contributed by atoms with Crippen molar-refractivity contribution in [3.05, 3.63) is 112 Å². The lowest BCUT2D eigenvalue weighted by Gasteiger charge is -2.27. The van der Waals surface area contributed by atoms with Crippen LogP contribution in [-0.4, -0.2) is 44.8 Å². The van der Waals surface area contributed by atoms with Gasteiger partial charge >= 0.3 is 0 Å². The molecule has 5 rings (SSSR count). The van der Waals surface area contributed by atoms with Gasteiger partial charge in [-0.15, -0.1) is 11.3 Å². The number of ketones is 1. The smallest absolute Gasteiger partial charge is 0.290 e. The Morgan fingerprint density at radius 3 is 2.33 bits per heavy atom. The van der Waals surface area contributed by atoms with Crippen LogP contribution in [0.5, 0.6) is 0 Å². The fourth-order valence-corrected chi connectivity index (χ4v) is 5.98. The summed E-state index contributed by atoms with van der Waals surface area (Å²) in [6.45, 7) is 7.86. The van der Waals surface area contributed by atoms with Crippen LogP contribution < -0.4 is 4.90 Å². The Labute approximate surface area is 232 Å². The Bertz CT molecular complexity index is 1510. The van der Waals surface area contributed by atoms with E-state index in [1.807, 2.05) is 66.7 Å². The molecular weight excluding hydrogens is 508 g/mol. The van der Waals surface area contributed by atoms with Crippen LogP contribution in [0, 0.1) is 6.92 Å². The molecule has 1 unspecified atom stereocenters. The zero-order valence-corrected chi connectivity index (χ0v) is 23.0. The van der Waals surface area contributed by atoms with E-state index in [1.165, 1.54) is 16.2 Å². The molecule has 1 aliphatic heterocycles. The predicted molar refractivity (Wildman–Crippen MR) is 154 cm³/mol. The summed E-state index contributed by atoms with van der Waals surface area (Å²) in [7, 11) is 0. The van der Waals surface area contributed by atoms with Crippen molar-refractivity contribution in [3.8, 4) is 10.6 Å². The number of aryl methyl sites for hydroxylation is 1. The molecule has 0 saturated heterocycles. The van der Waals surface area contributed by atoms with Crippen molar-refractivity contribution in [2.75, 3.05) is 18.0 Å². The average Bonchev–Trinajstić information content (AvgIpc) is 3.48. The zero-order chi connectivity index (χ0) is 27.5. The van der Waals surface area contributed by atoms with Crippen LogP contribution >= 0.6 is 11.3 Å². The van der Waals surface area contributed by atoms with Gasteiger partial charge < -0.3 is 14.9 Å². The van der Waals surface area contributed by atoms with Gasteiger partial charge in [0.15, 0.2) is 5.76 Å². The lowest BCUT2D eigenvalue weighted by molar-refractivity contribution is -0.130. The number of pyridine rings is 1. The Kier molecular flexibility index (Phi) is 7.56. The third kappa shape index (κ3) is 5.07. The normalized spacial score (nSPS) is 15.2. The van der Waals surface area contributed by atoms with Crippen LogP contribution in [0.4, 0.5) is 5.69 Å². The zero-order valence-electron chi connectivity index (χ0n) is 22.2. The van der Waals surface area contributed by atoms with Crippen molar-refractivity contribution < 1.29 is 14.7 Å². The number of benzene rings is 2. The molecule has 1 amide bonds. The van der Waals surface area contributed by atoms with E-state index in [1.54, 1.807) is 19.2 Å². The summed E-state index contributed by atoms with van der Waals surface area (Å²) in [5, 5.41) is 11.8. The second kappa shape index (κ2) is 11.2. The number of nitrogens with zero attached hydrogens (tertiary/aromatic N) is 4. The molecule has 0 bridgehead atoms. The number of aromatic nitrogens is 2. The van der Waals surface area contributed by atoms with Gasteiger partial charge in [0.1, 0.15) is 5.01 Å². The highest BCUT2D eigenvalue weighted by Gasteiger charge is 2.44. The predicted octanol–water partition coefficient (Wildman–Crippen LogP) is 6.14. The number of carbonyl (C=O) groups is 2. The van der Waals surface area contributed by atoms with Gasteiger partial charge in [-0.1, -0.05) is 48.5 Å². The van der Waals surface area contributed by atoms with E-state index in [-0.39, 0.29) is 17.9 Å². The molecule has 0 saturated carbocycles. The van der Waals surface area contributed by atoms with Crippen molar-refractivity contribution in [2.24, 2.45) is 0 Å². The summed E-state index contributed by atoms with van der Waals surface area (Å²) in [6.07, 6.45) is 1.66. The standard InChI is InChI=1S/C31H30N4O3S/c1-4-34(5-2)24-16-14-21(15-17-24)26-25(28(37)31(38)35(26)19-23-13-9-10-18-32-23)27(36)29-20(3)33-30(39-29)22-11-7-6-8-12-22/h6-18,26,37H,4-5,19H2,1-3H3. The largest absolute Gasteiger partial charge is 0.503 e. The van der Waals surface area contributed by atoms with Gasteiger partial charge in [-0.2, -0.15) is 0 Å². The third-order valence-corrected chi connectivity index (χ3v) is 8.17. The summed E-state index contributed by atoms with van der Waals surface area (Å²) in [5.74, 6) is -1.51. The topological polar surface area (TPSA) is 86.6 Å². The lowest BCUT2D eigenvalue weighted by Crippen LogP contribution is -2.31. The molecule has 0 fully saturated rings. The number of aliphatic hydroxyl groups is 1. The summed E-state index contributed by atoms with van der Waals surface area (Å²) in [6, 6.07) is 22.2. The van der Waals surface area contributed by atoms with Crippen molar-refractivity contribution in [1.82, 2.24) is 14.9 Å². The number of aliphatic hydroxyl groups excluding tert-OH is 1. The first-order valence-electron chi connectivity index (χ1n) is 13.0. The molecule has 4 aromatic rings. The maximum absolute atomic E-state index is 14.1. The molecule has 8 heteroatoms. The van der Waals surface area contributed by atoms with Crippen molar-refractivity contribution in [2.45, 2.75) is 33.4 Å². The Hall–Kier alpha value is -4.30. The number of thiazole rings is 1. The molecule has 1 atom stereocenters. The first kappa shape index (κ1) is 26.3. The Morgan fingerprint density at radius 1 is 1.00 bits per heavy atom. The SMILES string of the molecule is CCN(CC)c1ccc(C2C(C(=O)c3sc(-c4ccccc4)nc3C)=C(O)C(=O)N2Cc2ccccn2)cc1.